The maximum Gasteiger partial charge on any atom is 0.414 e. The number of nitrogens with two attached hydrogens (primary N) is 1. The first kappa shape index (κ1) is 22.9. The van der Waals surface area contributed by atoms with Crippen molar-refractivity contribution in [3.8, 4) is 0 Å². The number of H-pyrrole nitrogens is 1. The van der Waals surface area contributed by atoms with Gasteiger partial charge in [0, 0.05) is 34.6 Å². The number of aromatic nitrogens is 2. The van der Waals surface area contributed by atoms with Gasteiger partial charge in [-0.15, -0.1) is 0 Å². The van der Waals surface area contributed by atoms with Gasteiger partial charge in [0.2, 0.25) is 11.8 Å². The summed E-state index contributed by atoms with van der Waals surface area (Å²) in [6, 6.07) is 18.1. The third-order valence-corrected chi connectivity index (χ3v) is 5.90. The van der Waals surface area contributed by atoms with Gasteiger partial charge in [-0.1, -0.05) is 42.5 Å². The Morgan fingerprint density at radius 1 is 1.11 bits per heavy atom. The van der Waals surface area contributed by atoms with Crippen molar-refractivity contribution >= 4 is 52.0 Å². The molecule has 0 spiro atoms. The molecule has 0 aliphatic carbocycles. The molecule has 3 amide bonds. The first-order chi connectivity index (χ1) is 17.5. The number of primary amides is 1. The van der Waals surface area contributed by atoms with Crippen LogP contribution in [0.15, 0.2) is 73.1 Å². The number of nitrogens with one attached hydrogen (secondary N) is 2. The Hall–Kier alpha value is -4.92. The Kier molecular flexibility index (Phi) is 6.19. The molecule has 9 heteroatoms. The standard InChI is InChI=1S/C27H23N5O4/c28-25(34)21(18-4-2-1-3-5-18)15-19-16-30-26-24(19)22(10-11-29-26)31-23(33)14-17-6-8-20(9-7-17)32-12-13-36-27(32)35/h1-11,15-16H,12-14H2,(H2,28,34)(H2,29,30,31,33)/b21-15+. The van der Waals surface area contributed by atoms with Gasteiger partial charge in [0.05, 0.1) is 18.7 Å². The number of carbonyl (C=O) groups excluding carboxylic acids is 3. The molecule has 180 valence electrons. The number of benzene rings is 2. The summed E-state index contributed by atoms with van der Waals surface area (Å²) < 4.78 is 4.97. The average molecular weight is 482 g/mol. The van der Waals surface area contributed by atoms with E-state index in [9.17, 15) is 14.4 Å². The number of rotatable bonds is 7. The second-order valence-electron chi connectivity index (χ2n) is 8.27. The van der Waals surface area contributed by atoms with Crippen molar-refractivity contribution in [2.24, 2.45) is 5.73 Å². The zero-order valence-corrected chi connectivity index (χ0v) is 19.2. The van der Waals surface area contributed by atoms with E-state index in [-0.39, 0.29) is 18.4 Å². The van der Waals surface area contributed by atoms with Gasteiger partial charge in [0.1, 0.15) is 12.3 Å². The molecule has 5 rings (SSSR count). The summed E-state index contributed by atoms with van der Waals surface area (Å²) in [6.45, 7) is 0.873. The summed E-state index contributed by atoms with van der Waals surface area (Å²) in [5, 5.41) is 3.62. The number of amides is 3. The minimum atomic E-state index is -0.560. The van der Waals surface area contributed by atoms with E-state index in [1.54, 1.807) is 41.6 Å². The van der Waals surface area contributed by atoms with Crippen LogP contribution in [-0.2, 0) is 20.7 Å². The lowest BCUT2D eigenvalue weighted by Gasteiger charge is -2.13. The first-order valence-electron chi connectivity index (χ1n) is 11.4. The fraction of sp³-hybridized carbons (Fsp3) is 0.111. The van der Waals surface area contributed by atoms with Crippen molar-refractivity contribution in [2.45, 2.75) is 6.42 Å². The molecule has 1 aliphatic rings. The van der Waals surface area contributed by atoms with Crippen molar-refractivity contribution in [2.75, 3.05) is 23.4 Å². The number of cyclic esters (lactones) is 1. The molecule has 0 atom stereocenters. The Morgan fingerprint density at radius 3 is 2.58 bits per heavy atom. The van der Waals surface area contributed by atoms with Crippen LogP contribution < -0.4 is 16.0 Å². The Balaban J connectivity index is 1.38. The van der Waals surface area contributed by atoms with E-state index in [4.69, 9.17) is 10.5 Å². The number of hydrogen-bond acceptors (Lipinski definition) is 5. The molecule has 1 fully saturated rings. The second kappa shape index (κ2) is 9.75. The molecular formula is C27H23N5O4. The summed E-state index contributed by atoms with van der Waals surface area (Å²) in [5.74, 6) is -0.777. The summed E-state index contributed by atoms with van der Waals surface area (Å²) in [4.78, 5) is 45.8. The Morgan fingerprint density at radius 2 is 1.89 bits per heavy atom. The highest BCUT2D eigenvalue weighted by molar-refractivity contribution is 6.24. The van der Waals surface area contributed by atoms with Crippen LogP contribution in [0, 0.1) is 0 Å². The number of anilines is 2. The molecular weight excluding hydrogens is 458 g/mol. The van der Waals surface area contributed by atoms with E-state index in [1.165, 1.54) is 0 Å². The van der Waals surface area contributed by atoms with Crippen LogP contribution in [0.2, 0.25) is 0 Å². The van der Waals surface area contributed by atoms with Gasteiger partial charge in [0.25, 0.3) is 0 Å². The largest absolute Gasteiger partial charge is 0.447 e. The minimum absolute atomic E-state index is 0.140. The molecule has 9 nitrogen and oxygen atoms in total. The number of aromatic amines is 1. The molecule has 36 heavy (non-hydrogen) atoms. The third kappa shape index (κ3) is 4.67. The van der Waals surface area contributed by atoms with Crippen molar-refractivity contribution in [1.82, 2.24) is 9.97 Å². The molecule has 2 aromatic heterocycles. The summed E-state index contributed by atoms with van der Waals surface area (Å²) in [7, 11) is 0. The van der Waals surface area contributed by atoms with Crippen LogP contribution >= 0.6 is 0 Å². The molecule has 4 aromatic rings. The van der Waals surface area contributed by atoms with Crippen LogP contribution in [0.25, 0.3) is 22.7 Å². The van der Waals surface area contributed by atoms with E-state index in [0.29, 0.717) is 46.6 Å². The van der Waals surface area contributed by atoms with Crippen molar-refractivity contribution in [3.63, 3.8) is 0 Å². The molecule has 1 aliphatic heterocycles. The third-order valence-electron chi connectivity index (χ3n) is 5.90. The lowest BCUT2D eigenvalue weighted by molar-refractivity contribution is -0.115. The zero-order valence-electron chi connectivity index (χ0n) is 19.2. The van der Waals surface area contributed by atoms with Gasteiger partial charge in [-0.2, -0.15) is 0 Å². The lowest BCUT2D eigenvalue weighted by atomic mass is 10.0. The topological polar surface area (TPSA) is 130 Å². The van der Waals surface area contributed by atoms with Gasteiger partial charge in [-0.25, -0.2) is 9.78 Å². The maximum atomic E-state index is 12.9. The fourth-order valence-corrected chi connectivity index (χ4v) is 4.17. The fourth-order valence-electron chi connectivity index (χ4n) is 4.17. The molecule has 0 radical (unpaired) electrons. The van der Waals surface area contributed by atoms with E-state index >= 15 is 0 Å². The summed E-state index contributed by atoms with van der Waals surface area (Å²) >= 11 is 0. The Bertz CT molecular complexity index is 1480. The molecule has 0 bridgehead atoms. The number of ether oxygens (including phenoxy) is 1. The van der Waals surface area contributed by atoms with Crippen molar-refractivity contribution in [3.05, 3.63) is 89.7 Å². The maximum absolute atomic E-state index is 12.9. The Labute approximate surface area is 206 Å². The quantitative estimate of drug-likeness (QED) is 0.346. The predicted molar refractivity (Wildman–Crippen MR) is 137 cm³/mol. The lowest BCUT2D eigenvalue weighted by Crippen LogP contribution is -2.23. The second-order valence-corrected chi connectivity index (χ2v) is 8.27. The number of hydrogen-bond donors (Lipinski definition) is 3. The number of pyridine rings is 1. The van der Waals surface area contributed by atoms with Gasteiger partial charge in [-0.05, 0) is 35.4 Å². The molecule has 3 heterocycles. The van der Waals surface area contributed by atoms with Gasteiger partial charge < -0.3 is 20.8 Å². The van der Waals surface area contributed by atoms with Crippen LogP contribution in [0.1, 0.15) is 16.7 Å². The highest BCUT2D eigenvalue weighted by Gasteiger charge is 2.23. The highest BCUT2D eigenvalue weighted by atomic mass is 16.6. The number of carbonyl (C=O) groups is 3. The molecule has 2 aromatic carbocycles. The van der Waals surface area contributed by atoms with E-state index < -0.39 is 5.91 Å². The monoisotopic (exact) mass is 481 g/mol. The first-order valence-corrected chi connectivity index (χ1v) is 11.4. The molecule has 0 unspecified atom stereocenters. The normalized spacial score (nSPS) is 13.6. The van der Waals surface area contributed by atoms with Crippen LogP contribution in [0.4, 0.5) is 16.2 Å². The molecule has 1 saturated heterocycles. The highest BCUT2D eigenvalue weighted by Crippen LogP contribution is 2.29. The van der Waals surface area contributed by atoms with Crippen LogP contribution in [0.3, 0.4) is 0 Å². The van der Waals surface area contributed by atoms with Gasteiger partial charge in [0.15, 0.2) is 0 Å². The smallest absolute Gasteiger partial charge is 0.414 e. The van der Waals surface area contributed by atoms with Crippen LogP contribution in [0.5, 0.6) is 0 Å². The predicted octanol–water partition coefficient (Wildman–Crippen LogP) is 3.73. The molecule has 4 N–H and O–H groups in total. The number of nitrogens with zero attached hydrogens (tertiary/aromatic N) is 2. The summed E-state index contributed by atoms with van der Waals surface area (Å²) in [6.07, 6.45) is 4.78. The van der Waals surface area contributed by atoms with E-state index in [2.05, 4.69) is 15.3 Å². The SMILES string of the molecule is NC(=O)/C(=C/c1c[nH]c2nccc(NC(=O)Cc3ccc(N4CCOC4=O)cc3)c12)c1ccccc1. The van der Waals surface area contributed by atoms with Gasteiger partial charge >= 0.3 is 6.09 Å². The van der Waals surface area contributed by atoms with Crippen molar-refractivity contribution < 1.29 is 19.1 Å². The van der Waals surface area contributed by atoms with Gasteiger partial charge in [-0.3, -0.25) is 14.5 Å². The zero-order chi connectivity index (χ0) is 25.1. The number of fused-ring (bicyclic) bond motifs is 1. The van der Waals surface area contributed by atoms with Crippen molar-refractivity contribution in [1.29, 1.82) is 0 Å². The van der Waals surface area contributed by atoms with E-state index in [0.717, 1.165) is 11.3 Å². The summed E-state index contributed by atoms with van der Waals surface area (Å²) in [5.41, 5.74) is 10.0. The van der Waals surface area contributed by atoms with E-state index in [1.807, 2.05) is 42.5 Å². The molecule has 0 saturated carbocycles. The van der Waals surface area contributed by atoms with Crippen LogP contribution in [-0.4, -0.2) is 41.0 Å². The minimum Gasteiger partial charge on any atom is -0.447 e. The average Bonchev–Trinajstić information content (AvgIpc) is 3.50.